The first-order valence-corrected chi connectivity index (χ1v) is 8.54. The molecule has 24 heavy (non-hydrogen) atoms. The van der Waals surface area contributed by atoms with Crippen molar-refractivity contribution in [1.82, 2.24) is 0 Å². The fourth-order valence-corrected chi connectivity index (χ4v) is 2.56. The van der Waals surface area contributed by atoms with Crippen LogP contribution in [0.1, 0.15) is 10.4 Å². The fraction of sp³-hybridized carbons (Fsp3) is 0.0667. The third-order valence-electron chi connectivity index (χ3n) is 2.87. The molecular weight excluding hydrogens is 356 g/mol. The molecule has 2 aromatic rings. The molecule has 0 aromatic heterocycles. The predicted molar refractivity (Wildman–Crippen MR) is 88.2 cm³/mol. The molecule has 126 valence electrons. The van der Waals surface area contributed by atoms with Gasteiger partial charge in [0.2, 0.25) is 10.0 Å². The summed E-state index contributed by atoms with van der Waals surface area (Å²) in [5, 5.41) is 7.63. The van der Waals surface area contributed by atoms with E-state index in [2.05, 4.69) is 5.32 Å². The molecule has 0 spiro atoms. The van der Waals surface area contributed by atoms with Gasteiger partial charge in [0.05, 0.1) is 15.5 Å². The van der Waals surface area contributed by atoms with Crippen molar-refractivity contribution in [3.05, 3.63) is 59.1 Å². The summed E-state index contributed by atoms with van der Waals surface area (Å²) in [6, 6.07) is 11.7. The van der Waals surface area contributed by atoms with Crippen LogP contribution in [0.15, 0.2) is 53.4 Å². The Balaban J connectivity index is 1.97. The Kier molecular flexibility index (Phi) is 5.55. The molecule has 0 aliphatic heterocycles. The number of carbonyl (C=O) groups excluding carboxylic acids is 2. The van der Waals surface area contributed by atoms with Gasteiger partial charge >= 0.3 is 5.97 Å². The molecule has 0 bridgehead atoms. The van der Waals surface area contributed by atoms with Crippen molar-refractivity contribution in [3.8, 4) is 0 Å². The van der Waals surface area contributed by atoms with Crippen LogP contribution in [0.4, 0.5) is 5.69 Å². The number of nitrogens with one attached hydrogen (secondary N) is 1. The largest absolute Gasteiger partial charge is 0.452 e. The van der Waals surface area contributed by atoms with E-state index in [9.17, 15) is 18.0 Å². The van der Waals surface area contributed by atoms with Crippen LogP contribution < -0.4 is 10.5 Å². The summed E-state index contributed by atoms with van der Waals surface area (Å²) in [5.74, 6) is -1.38. The molecule has 7 nitrogen and oxygen atoms in total. The molecule has 2 rings (SSSR count). The van der Waals surface area contributed by atoms with Crippen molar-refractivity contribution in [2.75, 3.05) is 11.9 Å². The van der Waals surface area contributed by atoms with Crippen LogP contribution in [0.25, 0.3) is 0 Å². The second-order valence-electron chi connectivity index (χ2n) is 4.68. The lowest BCUT2D eigenvalue weighted by atomic mass is 10.2. The zero-order valence-corrected chi connectivity index (χ0v) is 13.8. The number of sulfonamides is 1. The number of hydrogen-bond donors (Lipinski definition) is 2. The van der Waals surface area contributed by atoms with Gasteiger partial charge in [0.25, 0.3) is 5.91 Å². The van der Waals surface area contributed by atoms with E-state index in [-0.39, 0.29) is 21.2 Å². The molecule has 0 radical (unpaired) electrons. The van der Waals surface area contributed by atoms with E-state index in [0.717, 1.165) is 0 Å². The van der Waals surface area contributed by atoms with Crippen molar-refractivity contribution in [2.45, 2.75) is 4.90 Å². The minimum Gasteiger partial charge on any atom is -0.452 e. The molecule has 0 saturated heterocycles. The molecule has 0 heterocycles. The Morgan fingerprint density at radius 2 is 1.83 bits per heavy atom. The number of rotatable bonds is 5. The number of halogens is 1. The second-order valence-corrected chi connectivity index (χ2v) is 6.65. The van der Waals surface area contributed by atoms with E-state index in [1.165, 1.54) is 36.4 Å². The third-order valence-corrected chi connectivity index (χ3v) is 4.12. The number of benzene rings is 2. The van der Waals surface area contributed by atoms with Gasteiger partial charge in [-0.2, -0.15) is 0 Å². The molecule has 0 atom stereocenters. The van der Waals surface area contributed by atoms with Gasteiger partial charge in [0, 0.05) is 5.69 Å². The molecule has 0 saturated carbocycles. The Hall–Kier alpha value is -2.42. The highest BCUT2D eigenvalue weighted by Crippen LogP contribution is 2.16. The standard InChI is InChI=1S/C15H13ClN2O5S/c16-13-7-2-1-6-12(13)15(20)23-9-14(19)18-10-4-3-5-11(8-10)24(17,21)22/h1-8H,9H2,(H,18,19)(H2,17,21,22). The first kappa shape index (κ1) is 17.9. The summed E-state index contributed by atoms with van der Waals surface area (Å²) in [5.41, 5.74) is 0.350. The number of ether oxygens (including phenoxy) is 1. The van der Waals surface area contributed by atoms with Crippen LogP contribution in [0.3, 0.4) is 0 Å². The maximum Gasteiger partial charge on any atom is 0.340 e. The van der Waals surface area contributed by atoms with E-state index in [1.54, 1.807) is 12.1 Å². The van der Waals surface area contributed by atoms with E-state index in [4.69, 9.17) is 21.5 Å². The molecule has 0 aliphatic carbocycles. The van der Waals surface area contributed by atoms with Gasteiger partial charge in [-0.1, -0.05) is 29.8 Å². The molecule has 9 heteroatoms. The predicted octanol–water partition coefficient (Wildman–Crippen LogP) is 1.78. The number of amides is 1. The van der Waals surface area contributed by atoms with E-state index in [0.29, 0.717) is 0 Å². The summed E-state index contributed by atoms with van der Waals surface area (Å²) >= 11 is 5.85. The fourth-order valence-electron chi connectivity index (χ4n) is 1.78. The van der Waals surface area contributed by atoms with Crippen molar-refractivity contribution < 1.29 is 22.7 Å². The van der Waals surface area contributed by atoms with Crippen molar-refractivity contribution in [2.24, 2.45) is 5.14 Å². The van der Waals surface area contributed by atoms with Crippen molar-refractivity contribution >= 4 is 39.2 Å². The van der Waals surface area contributed by atoms with Crippen LogP contribution in [-0.4, -0.2) is 26.9 Å². The quantitative estimate of drug-likeness (QED) is 0.780. The lowest BCUT2D eigenvalue weighted by Gasteiger charge is -2.08. The molecule has 0 unspecified atom stereocenters. The van der Waals surface area contributed by atoms with Crippen molar-refractivity contribution in [1.29, 1.82) is 0 Å². The molecular formula is C15H13ClN2O5S. The lowest BCUT2D eigenvalue weighted by molar-refractivity contribution is -0.119. The SMILES string of the molecule is NS(=O)(=O)c1cccc(NC(=O)COC(=O)c2ccccc2Cl)c1. The van der Waals surface area contributed by atoms with Gasteiger partial charge in [-0.15, -0.1) is 0 Å². The minimum atomic E-state index is -3.88. The van der Waals surface area contributed by atoms with Crippen LogP contribution in [0.2, 0.25) is 5.02 Å². The molecule has 1 amide bonds. The summed E-state index contributed by atoms with van der Waals surface area (Å²) in [6.07, 6.45) is 0. The molecule has 3 N–H and O–H groups in total. The zero-order chi connectivity index (χ0) is 17.7. The van der Waals surface area contributed by atoms with Crippen LogP contribution in [-0.2, 0) is 19.6 Å². The number of anilines is 1. The van der Waals surface area contributed by atoms with Crippen molar-refractivity contribution in [3.63, 3.8) is 0 Å². The highest BCUT2D eigenvalue weighted by Gasteiger charge is 2.14. The number of esters is 1. The highest BCUT2D eigenvalue weighted by molar-refractivity contribution is 7.89. The van der Waals surface area contributed by atoms with Gasteiger partial charge in [0.15, 0.2) is 6.61 Å². The summed E-state index contributed by atoms with van der Waals surface area (Å²) in [4.78, 5) is 23.5. The van der Waals surface area contributed by atoms with Gasteiger partial charge < -0.3 is 10.1 Å². The van der Waals surface area contributed by atoms with Crippen LogP contribution in [0.5, 0.6) is 0 Å². The Morgan fingerprint density at radius 3 is 2.50 bits per heavy atom. The monoisotopic (exact) mass is 368 g/mol. The first-order valence-electron chi connectivity index (χ1n) is 6.62. The maximum atomic E-state index is 11.8. The van der Waals surface area contributed by atoms with E-state index >= 15 is 0 Å². The first-order chi connectivity index (χ1) is 11.3. The molecule has 2 aromatic carbocycles. The topological polar surface area (TPSA) is 116 Å². The zero-order valence-electron chi connectivity index (χ0n) is 12.2. The Bertz CT molecular complexity index is 883. The number of carbonyl (C=O) groups is 2. The van der Waals surface area contributed by atoms with Gasteiger partial charge in [-0.25, -0.2) is 18.4 Å². The van der Waals surface area contributed by atoms with Gasteiger partial charge in [0.1, 0.15) is 0 Å². The second kappa shape index (κ2) is 7.43. The summed E-state index contributed by atoms with van der Waals surface area (Å²) in [7, 11) is -3.88. The minimum absolute atomic E-state index is 0.142. The Morgan fingerprint density at radius 1 is 1.12 bits per heavy atom. The average molecular weight is 369 g/mol. The number of hydrogen-bond acceptors (Lipinski definition) is 5. The maximum absolute atomic E-state index is 11.8. The van der Waals surface area contributed by atoms with Gasteiger partial charge in [-0.3, -0.25) is 4.79 Å². The average Bonchev–Trinajstić information content (AvgIpc) is 2.52. The highest BCUT2D eigenvalue weighted by atomic mass is 35.5. The molecule has 0 aliphatic rings. The lowest BCUT2D eigenvalue weighted by Crippen LogP contribution is -2.21. The Labute approximate surface area is 143 Å². The van der Waals surface area contributed by atoms with Gasteiger partial charge in [-0.05, 0) is 30.3 Å². The summed E-state index contributed by atoms with van der Waals surface area (Å²) in [6.45, 7) is -0.552. The summed E-state index contributed by atoms with van der Waals surface area (Å²) < 4.78 is 27.4. The van der Waals surface area contributed by atoms with E-state index < -0.39 is 28.5 Å². The van der Waals surface area contributed by atoms with Crippen LogP contribution in [0, 0.1) is 0 Å². The third kappa shape index (κ3) is 4.79. The molecule has 0 fully saturated rings. The van der Waals surface area contributed by atoms with Crippen LogP contribution >= 0.6 is 11.6 Å². The normalized spacial score (nSPS) is 10.9. The smallest absolute Gasteiger partial charge is 0.340 e. The number of nitrogens with two attached hydrogens (primary N) is 1. The number of primary sulfonamides is 1. The van der Waals surface area contributed by atoms with E-state index in [1.807, 2.05) is 0 Å².